The lowest BCUT2D eigenvalue weighted by Gasteiger charge is -2.41. The minimum absolute atomic E-state index is 0.146. The topological polar surface area (TPSA) is 49.6 Å². The van der Waals surface area contributed by atoms with Crippen LogP contribution in [0.25, 0.3) is 0 Å². The highest BCUT2D eigenvalue weighted by atomic mass is 79.9. The molecule has 1 amide bonds. The number of anilines is 1. The Morgan fingerprint density at radius 3 is 2.78 bits per heavy atom. The fourth-order valence-corrected chi connectivity index (χ4v) is 2.83. The minimum Gasteiger partial charge on any atom is -0.357 e. The van der Waals surface area contributed by atoms with E-state index in [1.54, 1.807) is 4.90 Å². The summed E-state index contributed by atoms with van der Waals surface area (Å²) < 4.78 is 1.02. The van der Waals surface area contributed by atoms with E-state index in [4.69, 9.17) is 5.73 Å². The fourth-order valence-electron chi connectivity index (χ4n) is 2.32. The average Bonchev–Trinajstić information content (AvgIpc) is 2.37. The Kier molecular flexibility index (Phi) is 4.24. The second-order valence-corrected chi connectivity index (χ2v) is 5.35. The highest BCUT2D eigenvalue weighted by Crippen LogP contribution is 2.29. The van der Waals surface area contributed by atoms with Crippen molar-refractivity contribution < 1.29 is 4.79 Å². The van der Waals surface area contributed by atoms with Gasteiger partial charge in [-0.2, -0.15) is 0 Å². The molecule has 4 nitrogen and oxygen atoms in total. The summed E-state index contributed by atoms with van der Waals surface area (Å²) in [6, 6.07) is 7.85. The molecule has 1 aromatic carbocycles. The third-order valence-electron chi connectivity index (χ3n) is 3.32. The molecular formula is C13H18BrN3O. The van der Waals surface area contributed by atoms with Gasteiger partial charge >= 0.3 is 0 Å². The molecule has 1 aromatic rings. The average molecular weight is 312 g/mol. The first-order valence-corrected chi connectivity index (χ1v) is 6.90. The molecule has 0 saturated carbocycles. The maximum absolute atomic E-state index is 12.2. The highest BCUT2D eigenvalue weighted by molar-refractivity contribution is 9.10. The van der Waals surface area contributed by atoms with Gasteiger partial charge in [0.1, 0.15) is 6.04 Å². The number of rotatable bonds is 3. The Morgan fingerprint density at radius 2 is 2.11 bits per heavy atom. The first-order chi connectivity index (χ1) is 8.65. The lowest BCUT2D eigenvalue weighted by Crippen LogP contribution is -2.56. The minimum atomic E-state index is -0.146. The summed E-state index contributed by atoms with van der Waals surface area (Å²) >= 11 is 3.55. The fraction of sp³-hybridized carbons (Fsp3) is 0.462. The summed E-state index contributed by atoms with van der Waals surface area (Å²) in [5.41, 5.74) is 6.70. The number of benzene rings is 1. The molecule has 0 aliphatic carbocycles. The molecule has 5 heteroatoms. The number of nitrogens with zero attached hydrogens (tertiary/aromatic N) is 2. The van der Waals surface area contributed by atoms with Crippen LogP contribution >= 0.6 is 15.9 Å². The molecule has 1 fully saturated rings. The number of carbonyl (C=O) groups is 1. The molecule has 1 saturated heterocycles. The number of hydrogen-bond acceptors (Lipinski definition) is 3. The van der Waals surface area contributed by atoms with E-state index in [-0.39, 0.29) is 11.9 Å². The largest absolute Gasteiger partial charge is 0.357 e. The van der Waals surface area contributed by atoms with Crippen LogP contribution in [0.5, 0.6) is 0 Å². The third-order valence-corrected chi connectivity index (χ3v) is 3.99. The maximum atomic E-state index is 12.2. The molecule has 18 heavy (non-hydrogen) atoms. The van der Waals surface area contributed by atoms with Crippen molar-refractivity contribution in [2.75, 3.05) is 31.6 Å². The van der Waals surface area contributed by atoms with E-state index in [9.17, 15) is 4.79 Å². The second-order valence-electron chi connectivity index (χ2n) is 4.50. The van der Waals surface area contributed by atoms with Gasteiger partial charge in [-0.1, -0.05) is 12.1 Å². The lowest BCUT2D eigenvalue weighted by molar-refractivity contribution is -0.133. The summed E-state index contributed by atoms with van der Waals surface area (Å²) in [6.07, 6.45) is 0.685. The van der Waals surface area contributed by atoms with Crippen molar-refractivity contribution in [1.29, 1.82) is 0 Å². The molecule has 1 heterocycles. The molecule has 0 spiro atoms. The van der Waals surface area contributed by atoms with Gasteiger partial charge < -0.3 is 15.5 Å². The van der Waals surface area contributed by atoms with E-state index >= 15 is 0 Å². The van der Waals surface area contributed by atoms with Gasteiger partial charge in [0.25, 0.3) is 0 Å². The van der Waals surface area contributed by atoms with Crippen LogP contribution in [0.15, 0.2) is 28.7 Å². The summed E-state index contributed by atoms with van der Waals surface area (Å²) in [5, 5.41) is 0. The zero-order valence-electron chi connectivity index (χ0n) is 10.5. The summed E-state index contributed by atoms with van der Waals surface area (Å²) in [6.45, 7) is 2.11. The molecule has 1 atom stereocenters. The number of amides is 1. The number of likely N-dealkylation sites (N-methyl/N-ethyl adjacent to an activating group) is 1. The first kappa shape index (κ1) is 13.4. The molecule has 2 rings (SSSR count). The van der Waals surface area contributed by atoms with Gasteiger partial charge in [0, 0.05) is 24.6 Å². The highest BCUT2D eigenvalue weighted by Gasteiger charge is 2.33. The standard InChI is InChI=1S/C13H18BrN3O/c1-16-8-9-17(12(6-7-15)13(16)18)11-5-3-2-4-10(11)14/h2-5,12H,6-9,15H2,1H3. The summed E-state index contributed by atoms with van der Waals surface area (Å²) in [5.74, 6) is 0.155. The lowest BCUT2D eigenvalue weighted by atomic mass is 10.1. The van der Waals surface area contributed by atoms with Gasteiger partial charge in [0.05, 0.1) is 5.69 Å². The molecule has 1 unspecified atom stereocenters. The van der Waals surface area contributed by atoms with Gasteiger partial charge in [-0.05, 0) is 41.0 Å². The maximum Gasteiger partial charge on any atom is 0.245 e. The van der Waals surface area contributed by atoms with Gasteiger partial charge in [0.15, 0.2) is 0 Å². The van der Waals surface area contributed by atoms with Crippen LogP contribution in [0.3, 0.4) is 0 Å². The second kappa shape index (κ2) is 5.71. The summed E-state index contributed by atoms with van der Waals surface area (Å²) in [4.78, 5) is 16.2. The van der Waals surface area contributed by atoms with E-state index < -0.39 is 0 Å². The van der Waals surface area contributed by atoms with Crippen LogP contribution in [-0.4, -0.2) is 43.5 Å². The first-order valence-electron chi connectivity index (χ1n) is 6.11. The van der Waals surface area contributed by atoms with Gasteiger partial charge in [-0.3, -0.25) is 4.79 Å². The van der Waals surface area contributed by atoms with Crippen LogP contribution < -0.4 is 10.6 Å². The quantitative estimate of drug-likeness (QED) is 0.919. The molecule has 2 N–H and O–H groups in total. The van der Waals surface area contributed by atoms with Crippen molar-refractivity contribution in [2.24, 2.45) is 5.73 Å². The number of hydrogen-bond donors (Lipinski definition) is 1. The Labute approximate surface area is 116 Å². The van der Waals surface area contributed by atoms with Gasteiger partial charge in [0.2, 0.25) is 5.91 Å². The zero-order chi connectivity index (χ0) is 13.1. The van der Waals surface area contributed by atoms with E-state index in [1.165, 1.54) is 0 Å². The smallest absolute Gasteiger partial charge is 0.245 e. The number of para-hydroxylation sites is 1. The molecule has 98 valence electrons. The molecule has 1 aliphatic heterocycles. The number of piperazine rings is 1. The molecular weight excluding hydrogens is 294 g/mol. The van der Waals surface area contributed by atoms with E-state index in [0.717, 1.165) is 23.2 Å². The van der Waals surface area contributed by atoms with Crippen molar-refractivity contribution in [1.82, 2.24) is 4.90 Å². The van der Waals surface area contributed by atoms with E-state index in [0.29, 0.717) is 13.0 Å². The zero-order valence-corrected chi connectivity index (χ0v) is 12.1. The Hall–Kier alpha value is -1.07. The predicted molar refractivity (Wildman–Crippen MR) is 76.6 cm³/mol. The van der Waals surface area contributed by atoms with Gasteiger partial charge in [-0.15, -0.1) is 0 Å². The van der Waals surface area contributed by atoms with Crippen LogP contribution in [-0.2, 0) is 4.79 Å². The van der Waals surface area contributed by atoms with Crippen molar-refractivity contribution in [3.05, 3.63) is 28.7 Å². The SMILES string of the molecule is CN1CCN(c2ccccc2Br)C(CCN)C1=O. The Bertz CT molecular complexity index is 438. The van der Waals surface area contributed by atoms with Crippen LogP contribution in [0.1, 0.15) is 6.42 Å². The Morgan fingerprint density at radius 1 is 1.39 bits per heavy atom. The van der Waals surface area contributed by atoms with Crippen LogP contribution in [0.4, 0.5) is 5.69 Å². The number of carbonyl (C=O) groups excluding carboxylic acids is 1. The third kappa shape index (κ3) is 2.52. The van der Waals surface area contributed by atoms with Crippen molar-refractivity contribution in [3.8, 4) is 0 Å². The number of nitrogens with two attached hydrogens (primary N) is 1. The predicted octanol–water partition coefficient (Wildman–Crippen LogP) is 1.44. The van der Waals surface area contributed by atoms with Crippen molar-refractivity contribution >= 4 is 27.5 Å². The molecule has 0 bridgehead atoms. The van der Waals surface area contributed by atoms with E-state index in [2.05, 4.69) is 20.8 Å². The Balaban J connectivity index is 2.30. The van der Waals surface area contributed by atoms with Crippen LogP contribution in [0.2, 0.25) is 0 Å². The van der Waals surface area contributed by atoms with E-state index in [1.807, 2.05) is 31.3 Å². The number of halogens is 1. The van der Waals surface area contributed by atoms with Gasteiger partial charge in [-0.25, -0.2) is 0 Å². The monoisotopic (exact) mass is 311 g/mol. The van der Waals surface area contributed by atoms with Crippen LogP contribution in [0, 0.1) is 0 Å². The van der Waals surface area contributed by atoms with Crippen molar-refractivity contribution in [3.63, 3.8) is 0 Å². The molecule has 1 aliphatic rings. The molecule has 0 aromatic heterocycles. The molecule has 0 radical (unpaired) electrons. The normalized spacial score (nSPS) is 20.4. The summed E-state index contributed by atoms with van der Waals surface area (Å²) in [7, 11) is 1.85. The van der Waals surface area contributed by atoms with Crippen molar-refractivity contribution in [2.45, 2.75) is 12.5 Å².